The summed E-state index contributed by atoms with van der Waals surface area (Å²) in [4.78, 5) is 12.8. The maximum atomic E-state index is 12.8. The van der Waals surface area contributed by atoms with Crippen LogP contribution >= 0.6 is 35.0 Å². The number of carbonyl (C=O) groups is 1. The average Bonchev–Trinajstić information content (AvgIpc) is 3.37. The average molecular weight is 487 g/mol. The number of rotatable bonds is 7. The van der Waals surface area contributed by atoms with Crippen LogP contribution in [0.1, 0.15) is 18.2 Å². The van der Waals surface area contributed by atoms with E-state index in [2.05, 4.69) is 15.5 Å². The largest absolute Gasteiger partial charge is 0.469 e. The van der Waals surface area contributed by atoms with E-state index in [1.165, 1.54) is 11.8 Å². The fraction of sp³-hybridized carbons (Fsp3) is 0.174. The van der Waals surface area contributed by atoms with E-state index >= 15 is 0 Å². The summed E-state index contributed by atoms with van der Waals surface area (Å²) >= 11 is 13.5. The minimum absolute atomic E-state index is 0.213. The lowest BCUT2D eigenvalue weighted by Crippen LogP contribution is -2.23. The number of aryl methyl sites for hydroxylation is 1. The molecule has 0 saturated carbocycles. The van der Waals surface area contributed by atoms with Gasteiger partial charge in [-0.15, -0.1) is 10.2 Å². The van der Waals surface area contributed by atoms with Gasteiger partial charge in [-0.1, -0.05) is 65.3 Å². The van der Waals surface area contributed by atoms with Crippen molar-refractivity contribution < 1.29 is 9.21 Å². The van der Waals surface area contributed by atoms with Crippen LogP contribution in [0.4, 0.5) is 5.69 Å². The van der Waals surface area contributed by atoms with E-state index in [0.717, 1.165) is 16.9 Å². The molecule has 0 radical (unpaired) electrons. The molecule has 2 heterocycles. The van der Waals surface area contributed by atoms with E-state index in [1.54, 1.807) is 24.5 Å². The first-order valence-electron chi connectivity index (χ1n) is 9.86. The van der Waals surface area contributed by atoms with Gasteiger partial charge in [0, 0.05) is 5.02 Å². The third kappa shape index (κ3) is 5.01. The Morgan fingerprint density at radius 1 is 1.16 bits per heavy atom. The molecule has 1 atom stereocenters. The Labute approximate surface area is 199 Å². The Morgan fingerprint density at radius 2 is 1.94 bits per heavy atom. The number of amides is 1. The maximum absolute atomic E-state index is 12.8. The standard InChI is InChI=1S/C23H20Cl2N4O2S/c1-14-18(10-11-31-14)21-27-28-23(29(21)13-16-6-4-3-5-7-16)32-15(2)22(30)26-20-12-17(24)8-9-19(20)25/h3-12,15H,13H2,1-2H3,(H,26,30). The van der Waals surface area contributed by atoms with Crippen LogP contribution in [-0.4, -0.2) is 25.9 Å². The van der Waals surface area contributed by atoms with Gasteiger partial charge in [0.15, 0.2) is 11.0 Å². The minimum Gasteiger partial charge on any atom is -0.469 e. The molecule has 0 saturated heterocycles. The molecule has 1 unspecified atom stereocenters. The summed E-state index contributed by atoms with van der Waals surface area (Å²) in [6.07, 6.45) is 1.63. The molecule has 0 spiro atoms. The molecule has 164 valence electrons. The molecular formula is C23H20Cl2N4O2S. The van der Waals surface area contributed by atoms with Crippen molar-refractivity contribution >= 4 is 46.6 Å². The quantitative estimate of drug-likeness (QED) is 0.309. The first-order valence-corrected chi connectivity index (χ1v) is 11.5. The zero-order valence-corrected chi connectivity index (χ0v) is 19.7. The predicted molar refractivity (Wildman–Crippen MR) is 128 cm³/mol. The summed E-state index contributed by atoms with van der Waals surface area (Å²) < 4.78 is 7.46. The summed E-state index contributed by atoms with van der Waals surface area (Å²) in [6, 6.07) is 16.8. The van der Waals surface area contributed by atoms with Gasteiger partial charge in [-0.05, 0) is 43.7 Å². The Kier molecular flexibility index (Phi) is 6.89. The number of hydrogen-bond acceptors (Lipinski definition) is 5. The van der Waals surface area contributed by atoms with Crippen molar-refractivity contribution in [3.8, 4) is 11.4 Å². The number of aromatic nitrogens is 3. The van der Waals surface area contributed by atoms with E-state index in [-0.39, 0.29) is 5.91 Å². The molecule has 0 aliphatic rings. The fourth-order valence-corrected chi connectivity index (χ4v) is 4.33. The molecule has 4 rings (SSSR count). The molecule has 6 nitrogen and oxygen atoms in total. The maximum Gasteiger partial charge on any atom is 0.237 e. The van der Waals surface area contributed by atoms with Gasteiger partial charge in [0.1, 0.15) is 5.76 Å². The van der Waals surface area contributed by atoms with Crippen molar-refractivity contribution in [1.82, 2.24) is 14.8 Å². The number of furan rings is 1. The number of hydrogen-bond donors (Lipinski definition) is 1. The first-order chi connectivity index (χ1) is 15.4. The molecular weight excluding hydrogens is 467 g/mol. The number of anilines is 1. The van der Waals surface area contributed by atoms with E-state index in [0.29, 0.717) is 33.3 Å². The summed E-state index contributed by atoms with van der Waals surface area (Å²) in [5.41, 5.74) is 2.43. The van der Waals surface area contributed by atoms with Crippen LogP contribution < -0.4 is 5.32 Å². The predicted octanol–water partition coefficient (Wildman–Crippen LogP) is 6.32. The number of benzene rings is 2. The van der Waals surface area contributed by atoms with Crippen molar-refractivity contribution in [2.24, 2.45) is 0 Å². The van der Waals surface area contributed by atoms with Crippen LogP contribution in [0.3, 0.4) is 0 Å². The minimum atomic E-state index is -0.456. The highest BCUT2D eigenvalue weighted by molar-refractivity contribution is 8.00. The fourth-order valence-electron chi connectivity index (χ4n) is 3.14. The Hall–Kier alpha value is -2.74. The van der Waals surface area contributed by atoms with Crippen molar-refractivity contribution in [3.05, 3.63) is 82.2 Å². The number of nitrogens with one attached hydrogen (secondary N) is 1. The van der Waals surface area contributed by atoms with Crippen LogP contribution in [0.15, 0.2) is 70.4 Å². The van der Waals surface area contributed by atoms with Gasteiger partial charge in [0.25, 0.3) is 0 Å². The molecule has 0 aliphatic carbocycles. The van der Waals surface area contributed by atoms with E-state index < -0.39 is 5.25 Å². The molecule has 0 aliphatic heterocycles. The van der Waals surface area contributed by atoms with E-state index in [4.69, 9.17) is 27.6 Å². The summed E-state index contributed by atoms with van der Waals surface area (Å²) in [7, 11) is 0. The smallest absolute Gasteiger partial charge is 0.237 e. The monoisotopic (exact) mass is 486 g/mol. The first kappa shape index (κ1) is 22.5. The molecule has 0 bridgehead atoms. The number of nitrogens with zero attached hydrogens (tertiary/aromatic N) is 3. The van der Waals surface area contributed by atoms with Gasteiger partial charge >= 0.3 is 0 Å². The highest BCUT2D eigenvalue weighted by Gasteiger charge is 2.23. The summed E-state index contributed by atoms with van der Waals surface area (Å²) in [5.74, 6) is 1.23. The Balaban J connectivity index is 1.60. The summed E-state index contributed by atoms with van der Waals surface area (Å²) in [6.45, 7) is 4.25. The van der Waals surface area contributed by atoms with Gasteiger partial charge in [-0.25, -0.2) is 0 Å². The van der Waals surface area contributed by atoms with Gasteiger partial charge in [-0.2, -0.15) is 0 Å². The Morgan fingerprint density at radius 3 is 2.66 bits per heavy atom. The van der Waals surface area contributed by atoms with Gasteiger partial charge < -0.3 is 9.73 Å². The van der Waals surface area contributed by atoms with Gasteiger partial charge in [0.2, 0.25) is 5.91 Å². The molecule has 0 fully saturated rings. The molecule has 2 aromatic carbocycles. The second-order valence-corrected chi connectivity index (χ2v) is 9.29. The summed E-state index contributed by atoms with van der Waals surface area (Å²) in [5, 5.41) is 12.7. The van der Waals surface area contributed by atoms with Crippen LogP contribution in [0.5, 0.6) is 0 Å². The topological polar surface area (TPSA) is 72.9 Å². The third-order valence-electron chi connectivity index (χ3n) is 4.84. The molecule has 9 heteroatoms. The number of carbonyl (C=O) groups excluding carboxylic acids is 1. The Bertz CT molecular complexity index is 1240. The second kappa shape index (κ2) is 9.81. The second-order valence-electron chi connectivity index (χ2n) is 7.14. The molecule has 1 amide bonds. The van der Waals surface area contributed by atoms with Crippen LogP contribution in [-0.2, 0) is 11.3 Å². The van der Waals surface area contributed by atoms with Crippen molar-refractivity contribution in [2.45, 2.75) is 30.8 Å². The molecule has 1 N–H and O–H groups in total. The van der Waals surface area contributed by atoms with Crippen LogP contribution in [0.2, 0.25) is 10.0 Å². The molecule has 2 aromatic heterocycles. The SMILES string of the molecule is Cc1occc1-c1nnc(SC(C)C(=O)Nc2cc(Cl)ccc2Cl)n1Cc1ccccc1. The normalized spacial score (nSPS) is 12.0. The lowest BCUT2D eigenvalue weighted by Gasteiger charge is -2.14. The van der Waals surface area contributed by atoms with Crippen LogP contribution in [0.25, 0.3) is 11.4 Å². The lowest BCUT2D eigenvalue weighted by atomic mass is 10.2. The highest BCUT2D eigenvalue weighted by atomic mass is 35.5. The zero-order chi connectivity index (χ0) is 22.7. The van der Waals surface area contributed by atoms with Crippen molar-refractivity contribution in [1.29, 1.82) is 0 Å². The van der Waals surface area contributed by atoms with Crippen LogP contribution in [0, 0.1) is 6.92 Å². The van der Waals surface area contributed by atoms with E-state index in [1.807, 2.05) is 54.8 Å². The van der Waals surface area contributed by atoms with Crippen molar-refractivity contribution in [3.63, 3.8) is 0 Å². The van der Waals surface area contributed by atoms with Gasteiger partial charge in [-0.3, -0.25) is 9.36 Å². The number of halogens is 2. The number of thioether (sulfide) groups is 1. The van der Waals surface area contributed by atoms with E-state index in [9.17, 15) is 4.79 Å². The zero-order valence-electron chi connectivity index (χ0n) is 17.4. The molecule has 32 heavy (non-hydrogen) atoms. The van der Waals surface area contributed by atoms with Gasteiger partial charge in [0.05, 0.1) is 34.3 Å². The third-order valence-corrected chi connectivity index (χ3v) is 6.48. The highest BCUT2D eigenvalue weighted by Crippen LogP contribution is 2.31. The lowest BCUT2D eigenvalue weighted by molar-refractivity contribution is -0.115. The van der Waals surface area contributed by atoms with Crippen molar-refractivity contribution in [2.75, 3.05) is 5.32 Å². The molecule has 4 aromatic rings.